The van der Waals surface area contributed by atoms with Crippen molar-refractivity contribution in [2.75, 3.05) is 0 Å². The molecule has 0 radical (unpaired) electrons. The third-order valence-corrected chi connectivity index (χ3v) is 2.68. The minimum absolute atomic E-state index is 0.423. The second-order valence-corrected chi connectivity index (χ2v) is 3.74. The molecule has 0 atom stereocenters. The number of nitrogens with zero attached hydrogens (tertiary/aromatic N) is 3. The number of carbonyl (C=O) groups is 1. The van der Waals surface area contributed by atoms with Crippen LogP contribution in [0.5, 0.6) is 0 Å². The lowest BCUT2D eigenvalue weighted by atomic mass is 10.1. The van der Waals surface area contributed by atoms with Gasteiger partial charge in [-0.2, -0.15) is 0 Å². The molecule has 0 saturated heterocycles. The predicted octanol–water partition coefficient (Wildman–Crippen LogP) is 2.04. The van der Waals surface area contributed by atoms with Crippen molar-refractivity contribution >= 4 is 17.4 Å². The lowest BCUT2D eigenvalue weighted by Crippen LogP contribution is -1.92. The first kappa shape index (κ1) is 9.77. The summed E-state index contributed by atoms with van der Waals surface area (Å²) in [7, 11) is 1.85. The molecule has 0 aliphatic heterocycles. The monoisotopic (exact) mass is 227 g/mol. The molecule has 3 aromatic rings. The average Bonchev–Trinajstić information content (AvgIpc) is 2.93. The molecule has 5 heteroatoms. The van der Waals surface area contributed by atoms with Crippen molar-refractivity contribution in [3.05, 3.63) is 36.6 Å². The molecule has 0 N–H and O–H groups in total. The molecule has 0 aliphatic carbocycles. The largest absolute Gasteiger partial charge is 0.443 e. The fraction of sp³-hybridized carbons (Fsp3) is 0.0833. The van der Waals surface area contributed by atoms with Gasteiger partial charge in [0.2, 0.25) is 0 Å². The molecule has 2 aromatic heterocycles. The van der Waals surface area contributed by atoms with Crippen LogP contribution in [0.25, 0.3) is 22.4 Å². The van der Waals surface area contributed by atoms with Crippen LogP contribution < -0.4 is 0 Å². The van der Waals surface area contributed by atoms with Gasteiger partial charge in [0.1, 0.15) is 11.2 Å². The van der Waals surface area contributed by atoms with E-state index in [0.717, 1.165) is 23.1 Å². The van der Waals surface area contributed by atoms with Gasteiger partial charge in [-0.05, 0) is 12.1 Å². The maximum atomic E-state index is 10.9. The van der Waals surface area contributed by atoms with E-state index in [1.165, 1.54) is 6.39 Å². The molecular weight excluding hydrogens is 218 g/mol. The van der Waals surface area contributed by atoms with Gasteiger partial charge in [-0.25, -0.2) is 9.97 Å². The Morgan fingerprint density at radius 2 is 2.24 bits per heavy atom. The molecule has 1 aromatic carbocycles. The summed E-state index contributed by atoms with van der Waals surface area (Å²) >= 11 is 0. The lowest BCUT2D eigenvalue weighted by Gasteiger charge is -2.02. The van der Waals surface area contributed by atoms with Crippen molar-refractivity contribution in [3.63, 3.8) is 0 Å². The molecule has 2 heterocycles. The summed E-state index contributed by atoms with van der Waals surface area (Å²) in [6.45, 7) is 0. The molecule has 0 bridgehead atoms. The smallest absolute Gasteiger partial charge is 0.181 e. The van der Waals surface area contributed by atoms with E-state index in [1.54, 1.807) is 10.9 Å². The van der Waals surface area contributed by atoms with Crippen molar-refractivity contribution in [3.8, 4) is 11.3 Å². The van der Waals surface area contributed by atoms with Crippen LogP contribution in [0.3, 0.4) is 0 Å². The zero-order valence-corrected chi connectivity index (χ0v) is 9.12. The number of fused-ring (bicyclic) bond motifs is 1. The highest BCUT2D eigenvalue weighted by atomic mass is 16.3. The summed E-state index contributed by atoms with van der Waals surface area (Å²) in [5.41, 5.74) is 3.57. The molecule has 0 spiro atoms. The van der Waals surface area contributed by atoms with Gasteiger partial charge in [0.05, 0.1) is 12.0 Å². The van der Waals surface area contributed by atoms with Gasteiger partial charge in [0.25, 0.3) is 0 Å². The van der Waals surface area contributed by atoms with Crippen LogP contribution in [0.4, 0.5) is 0 Å². The molecule has 5 nitrogen and oxygen atoms in total. The first-order chi connectivity index (χ1) is 8.29. The van der Waals surface area contributed by atoms with Gasteiger partial charge in [-0.3, -0.25) is 4.79 Å². The van der Waals surface area contributed by atoms with Gasteiger partial charge in [0, 0.05) is 12.6 Å². The first-order valence-electron chi connectivity index (χ1n) is 5.09. The molecule has 0 unspecified atom stereocenters. The molecule has 0 aliphatic rings. The summed E-state index contributed by atoms with van der Waals surface area (Å²) < 4.78 is 7.05. The van der Waals surface area contributed by atoms with Crippen LogP contribution >= 0.6 is 0 Å². The lowest BCUT2D eigenvalue weighted by molar-refractivity contribution is 0.112. The number of aldehydes is 1. The van der Waals surface area contributed by atoms with Gasteiger partial charge in [-0.15, -0.1) is 0 Å². The van der Waals surface area contributed by atoms with Crippen LogP contribution in [0.2, 0.25) is 0 Å². The summed E-state index contributed by atoms with van der Waals surface area (Å²) in [6.07, 6.45) is 3.77. The van der Waals surface area contributed by atoms with Gasteiger partial charge < -0.3 is 8.98 Å². The topological polar surface area (TPSA) is 60.9 Å². The minimum atomic E-state index is 0.423. The summed E-state index contributed by atoms with van der Waals surface area (Å²) in [6, 6.07) is 5.61. The Hall–Kier alpha value is -2.43. The Bertz CT molecular complexity index is 697. The van der Waals surface area contributed by atoms with E-state index < -0.39 is 0 Å². The van der Waals surface area contributed by atoms with E-state index in [0.29, 0.717) is 11.3 Å². The fourth-order valence-electron chi connectivity index (χ4n) is 1.89. The minimum Gasteiger partial charge on any atom is -0.443 e. The van der Waals surface area contributed by atoms with Crippen molar-refractivity contribution in [2.45, 2.75) is 0 Å². The highest BCUT2D eigenvalue weighted by Gasteiger charge is 2.11. The van der Waals surface area contributed by atoms with E-state index in [-0.39, 0.29) is 0 Å². The number of hydrogen-bond donors (Lipinski definition) is 0. The van der Waals surface area contributed by atoms with E-state index in [9.17, 15) is 4.79 Å². The Kier molecular flexibility index (Phi) is 2.04. The van der Waals surface area contributed by atoms with E-state index in [2.05, 4.69) is 9.97 Å². The number of imidazole rings is 1. The molecule has 0 fully saturated rings. The Labute approximate surface area is 96.7 Å². The first-order valence-corrected chi connectivity index (χ1v) is 5.09. The Morgan fingerprint density at radius 1 is 1.35 bits per heavy atom. The van der Waals surface area contributed by atoms with Gasteiger partial charge >= 0.3 is 0 Å². The number of carbonyl (C=O) groups excluding carboxylic acids is 1. The number of benzene rings is 1. The van der Waals surface area contributed by atoms with Crippen molar-refractivity contribution in [2.24, 2.45) is 7.05 Å². The van der Waals surface area contributed by atoms with Crippen LogP contribution in [-0.4, -0.2) is 20.8 Å². The second-order valence-electron chi connectivity index (χ2n) is 3.74. The third kappa shape index (κ3) is 1.44. The summed E-state index contributed by atoms with van der Waals surface area (Å²) in [5, 5.41) is 0. The van der Waals surface area contributed by atoms with E-state index >= 15 is 0 Å². The van der Waals surface area contributed by atoms with E-state index in [1.807, 2.05) is 25.2 Å². The molecule has 84 valence electrons. The molecule has 0 amide bonds. The SMILES string of the molecule is Cn1cnc(C=O)c1-c1ccc2ncoc2c1. The number of aromatic nitrogens is 3. The van der Waals surface area contributed by atoms with Crippen LogP contribution in [-0.2, 0) is 7.05 Å². The van der Waals surface area contributed by atoms with Crippen LogP contribution in [0.15, 0.2) is 35.3 Å². The molecule has 3 rings (SSSR count). The quantitative estimate of drug-likeness (QED) is 0.628. The van der Waals surface area contributed by atoms with Crippen LogP contribution in [0, 0.1) is 0 Å². The Balaban J connectivity index is 2.25. The maximum Gasteiger partial charge on any atom is 0.181 e. The molecule has 17 heavy (non-hydrogen) atoms. The summed E-state index contributed by atoms with van der Waals surface area (Å²) in [5.74, 6) is 0. The normalized spacial score (nSPS) is 10.9. The highest BCUT2D eigenvalue weighted by molar-refractivity contribution is 5.87. The maximum absolute atomic E-state index is 10.9. The van der Waals surface area contributed by atoms with Crippen LogP contribution in [0.1, 0.15) is 10.5 Å². The number of rotatable bonds is 2. The predicted molar refractivity (Wildman–Crippen MR) is 61.6 cm³/mol. The Morgan fingerprint density at radius 3 is 3.06 bits per heavy atom. The fourth-order valence-corrected chi connectivity index (χ4v) is 1.89. The van der Waals surface area contributed by atoms with Crippen molar-refractivity contribution in [1.29, 1.82) is 0 Å². The van der Waals surface area contributed by atoms with Crippen molar-refractivity contribution in [1.82, 2.24) is 14.5 Å². The van der Waals surface area contributed by atoms with Crippen molar-refractivity contribution < 1.29 is 9.21 Å². The highest BCUT2D eigenvalue weighted by Crippen LogP contribution is 2.25. The molecular formula is C12H9N3O2. The number of hydrogen-bond acceptors (Lipinski definition) is 4. The second kappa shape index (κ2) is 3.55. The van der Waals surface area contributed by atoms with E-state index in [4.69, 9.17) is 4.42 Å². The van der Waals surface area contributed by atoms with Gasteiger partial charge in [-0.1, -0.05) is 6.07 Å². The number of oxazole rings is 1. The third-order valence-electron chi connectivity index (χ3n) is 2.68. The number of aryl methyl sites for hydroxylation is 1. The average molecular weight is 227 g/mol. The van der Waals surface area contributed by atoms with Gasteiger partial charge in [0.15, 0.2) is 18.3 Å². The zero-order valence-electron chi connectivity index (χ0n) is 9.12. The zero-order chi connectivity index (χ0) is 11.8. The molecule has 0 saturated carbocycles. The summed E-state index contributed by atoms with van der Waals surface area (Å²) in [4.78, 5) is 19.0. The standard InChI is InChI=1S/C12H9N3O2/c1-15-6-13-10(5-16)12(15)8-2-3-9-11(4-8)17-7-14-9/h2-7H,1H3.